The number of piperidine rings is 1. The molecule has 7 heteroatoms. The molecule has 1 saturated heterocycles. The van der Waals surface area contributed by atoms with Crippen molar-refractivity contribution in [1.82, 2.24) is 9.55 Å². The number of hydrogen-bond acceptors (Lipinski definition) is 4. The van der Waals surface area contributed by atoms with E-state index in [1.165, 1.54) is 0 Å². The van der Waals surface area contributed by atoms with Gasteiger partial charge in [-0.3, -0.25) is 0 Å². The molecule has 1 aromatic heterocycles. The Labute approximate surface area is 169 Å². The molecule has 1 aliphatic heterocycles. The van der Waals surface area contributed by atoms with E-state index in [0.29, 0.717) is 17.1 Å². The van der Waals surface area contributed by atoms with E-state index in [-0.39, 0.29) is 18.4 Å². The van der Waals surface area contributed by atoms with Crippen molar-refractivity contribution >= 4 is 41.0 Å². The van der Waals surface area contributed by atoms with Crippen LogP contribution in [0.4, 0.5) is 5.95 Å². The van der Waals surface area contributed by atoms with Crippen LogP contribution in [0.25, 0.3) is 11.0 Å². The van der Waals surface area contributed by atoms with Crippen molar-refractivity contribution in [3.05, 3.63) is 58.6 Å². The van der Waals surface area contributed by atoms with E-state index >= 15 is 0 Å². The lowest BCUT2D eigenvalue weighted by Crippen LogP contribution is -2.44. The van der Waals surface area contributed by atoms with E-state index < -0.39 is 0 Å². The molecule has 0 bridgehead atoms. The van der Waals surface area contributed by atoms with Crippen LogP contribution in [0.1, 0.15) is 24.0 Å². The lowest BCUT2D eigenvalue weighted by atomic mass is 10.1. The van der Waals surface area contributed by atoms with Gasteiger partial charge in [0.15, 0.2) is 0 Å². The minimum absolute atomic E-state index is 0. The van der Waals surface area contributed by atoms with Crippen LogP contribution in [-0.4, -0.2) is 28.7 Å². The van der Waals surface area contributed by atoms with Gasteiger partial charge in [-0.1, -0.05) is 29.8 Å². The number of benzene rings is 2. The van der Waals surface area contributed by atoms with Crippen molar-refractivity contribution in [3.63, 3.8) is 0 Å². The molecular formula is C20H21Cl2N5. The van der Waals surface area contributed by atoms with Crippen molar-refractivity contribution in [2.45, 2.75) is 25.4 Å². The van der Waals surface area contributed by atoms with E-state index in [4.69, 9.17) is 27.6 Å². The minimum Gasteiger partial charge on any atom is -0.341 e. The monoisotopic (exact) mass is 401 g/mol. The molecule has 0 spiro atoms. The first kappa shape index (κ1) is 19.5. The summed E-state index contributed by atoms with van der Waals surface area (Å²) in [4.78, 5) is 7.14. The number of nitrogens with zero attached hydrogens (tertiary/aromatic N) is 4. The highest BCUT2D eigenvalue weighted by molar-refractivity contribution is 6.31. The van der Waals surface area contributed by atoms with Gasteiger partial charge in [0.05, 0.1) is 29.2 Å². The summed E-state index contributed by atoms with van der Waals surface area (Å²) in [6, 6.07) is 15.9. The number of imidazole rings is 1. The Morgan fingerprint density at radius 3 is 2.81 bits per heavy atom. The molecule has 2 N–H and O–H groups in total. The number of fused-ring (bicyclic) bond motifs is 1. The molecule has 1 fully saturated rings. The maximum Gasteiger partial charge on any atom is 0.206 e. The first-order chi connectivity index (χ1) is 12.7. The van der Waals surface area contributed by atoms with Gasteiger partial charge >= 0.3 is 0 Å². The molecular weight excluding hydrogens is 381 g/mol. The summed E-state index contributed by atoms with van der Waals surface area (Å²) in [5, 5.41) is 9.65. The standard InChI is InChI=1S/C20H20ClN5.ClH/c21-17-10-14(11-22)7-8-15(17)12-26-19-6-2-1-5-18(19)24-20(26)25-9-3-4-16(23)13-25;/h1-2,5-8,10,16H,3-4,9,12-13,23H2;1H/t16-;/m0./s1. The minimum atomic E-state index is 0. The van der Waals surface area contributed by atoms with E-state index in [9.17, 15) is 0 Å². The Balaban J connectivity index is 0.00000210. The molecule has 3 aromatic rings. The summed E-state index contributed by atoms with van der Waals surface area (Å²) in [6.07, 6.45) is 2.13. The highest BCUT2D eigenvalue weighted by Gasteiger charge is 2.23. The van der Waals surface area contributed by atoms with Crippen molar-refractivity contribution in [3.8, 4) is 6.07 Å². The molecule has 2 heterocycles. The molecule has 1 atom stereocenters. The van der Waals surface area contributed by atoms with Crippen molar-refractivity contribution < 1.29 is 0 Å². The lowest BCUT2D eigenvalue weighted by Gasteiger charge is -2.32. The molecule has 2 aromatic carbocycles. The molecule has 1 aliphatic rings. The van der Waals surface area contributed by atoms with Gasteiger partial charge < -0.3 is 15.2 Å². The number of aromatic nitrogens is 2. The van der Waals surface area contributed by atoms with E-state index in [1.807, 2.05) is 24.3 Å². The zero-order chi connectivity index (χ0) is 18.1. The van der Waals surface area contributed by atoms with Crippen LogP contribution in [-0.2, 0) is 6.54 Å². The van der Waals surface area contributed by atoms with Gasteiger partial charge in [0.25, 0.3) is 0 Å². The maximum atomic E-state index is 9.05. The third-order valence-electron chi connectivity index (χ3n) is 4.89. The molecule has 0 unspecified atom stereocenters. The molecule has 0 radical (unpaired) electrons. The maximum absolute atomic E-state index is 9.05. The zero-order valence-electron chi connectivity index (χ0n) is 14.8. The first-order valence-electron chi connectivity index (χ1n) is 8.80. The predicted molar refractivity (Wildman–Crippen MR) is 112 cm³/mol. The van der Waals surface area contributed by atoms with Crippen LogP contribution in [0, 0.1) is 11.3 Å². The normalized spacial score (nSPS) is 16.8. The van der Waals surface area contributed by atoms with Crippen LogP contribution in [0.3, 0.4) is 0 Å². The molecule has 0 amide bonds. The predicted octanol–water partition coefficient (Wildman–Crippen LogP) is 3.96. The molecule has 140 valence electrons. The summed E-state index contributed by atoms with van der Waals surface area (Å²) in [5.41, 5.74) is 9.76. The molecule has 0 aliphatic carbocycles. The summed E-state index contributed by atoms with van der Waals surface area (Å²) < 4.78 is 2.20. The van der Waals surface area contributed by atoms with Crippen LogP contribution in [0.15, 0.2) is 42.5 Å². The molecule has 5 nitrogen and oxygen atoms in total. The van der Waals surface area contributed by atoms with Gasteiger partial charge in [-0.25, -0.2) is 4.98 Å². The van der Waals surface area contributed by atoms with Crippen LogP contribution in [0.5, 0.6) is 0 Å². The fourth-order valence-corrected chi connectivity index (χ4v) is 3.81. The fraction of sp³-hybridized carbons (Fsp3) is 0.300. The smallest absolute Gasteiger partial charge is 0.206 e. The van der Waals surface area contributed by atoms with Gasteiger partial charge in [-0.05, 0) is 42.7 Å². The quantitative estimate of drug-likeness (QED) is 0.720. The van der Waals surface area contributed by atoms with Gasteiger partial charge in [0, 0.05) is 24.2 Å². The number of anilines is 1. The number of nitrogens with two attached hydrogens (primary N) is 1. The summed E-state index contributed by atoms with van der Waals surface area (Å²) in [6.45, 7) is 2.37. The second-order valence-electron chi connectivity index (χ2n) is 6.75. The summed E-state index contributed by atoms with van der Waals surface area (Å²) >= 11 is 6.42. The van der Waals surface area contributed by atoms with E-state index in [2.05, 4.69) is 21.6 Å². The average Bonchev–Trinajstić information content (AvgIpc) is 3.02. The average molecular weight is 402 g/mol. The Morgan fingerprint density at radius 1 is 1.26 bits per heavy atom. The second-order valence-corrected chi connectivity index (χ2v) is 7.16. The Morgan fingerprint density at radius 2 is 2.07 bits per heavy atom. The number of nitriles is 1. The first-order valence-corrected chi connectivity index (χ1v) is 9.18. The third-order valence-corrected chi connectivity index (χ3v) is 5.24. The van der Waals surface area contributed by atoms with Gasteiger partial charge in [0.2, 0.25) is 5.95 Å². The lowest BCUT2D eigenvalue weighted by molar-refractivity contribution is 0.495. The number of rotatable bonds is 3. The van der Waals surface area contributed by atoms with Crippen molar-refractivity contribution in [1.29, 1.82) is 5.26 Å². The SMILES string of the molecule is Cl.N#Cc1ccc(Cn2c(N3CCC[C@H](N)C3)nc3ccccc32)c(Cl)c1. The van der Waals surface area contributed by atoms with E-state index in [1.54, 1.807) is 12.1 Å². The Hall–Kier alpha value is -2.26. The Kier molecular flexibility index (Phi) is 5.91. The third kappa shape index (κ3) is 3.89. The zero-order valence-corrected chi connectivity index (χ0v) is 16.4. The molecule has 27 heavy (non-hydrogen) atoms. The van der Waals surface area contributed by atoms with Crippen LogP contribution < -0.4 is 10.6 Å². The number of halogens is 2. The van der Waals surface area contributed by atoms with Crippen molar-refractivity contribution in [2.24, 2.45) is 5.73 Å². The van der Waals surface area contributed by atoms with Crippen LogP contribution in [0.2, 0.25) is 5.02 Å². The van der Waals surface area contributed by atoms with Gasteiger partial charge in [0.1, 0.15) is 0 Å². The number of hydrogen-bond donors (Lipinski definition) is 1. The Bertz CT molecular complexity index is 992. The largest absolute Gasteiger partial charge is 0.341 e. The van der Waals surface area contributed by atoms with E-state index in [0.717, 1.165) is 48.5 Å². The van der Waals surface area contributed by atoms with Crippen molar-refractivity contribution in [2.75, 3.05) is 18.0 Å². The molecule has 4 rings (SSSR count). The molecule has 0 saturated carbocycles. The summed E-state index contributed by atoms with van der Waals surface area (Å²) in [7, 11) is 0. The topological polar surface area (TPSA) is 70.9 Å². The highest BCUT2D eigenvalue weighted by atomic mass is 35.5. The second kappa shape index (κ2) is 8.18. The van der Waals surface area contributed by atoms with Gasteiger partial charge in [-0.15, -0.1) is 12.4 Å². The summed E-state index contributed by atoms with van der Waals surface area (Å²) in [5.74, 6) is 0.932. The van der Waals surface area contributed by atoms with Gasteiger partial charge in [-0.2, -0.15) is 5.26 Å². The fourth-order valence-electron chi connectivity index (χ4n) is 3.57. The number of para-hydroxylation sites is 2. The highest BCUT2D eigenvalue weighted by Crippen LogP contribution is 2.28. The van der Waals surface area contributed by atoms with Crippen LogP contribution >= 0.6 is 24.0 Å².